The summed E-state index contributed by atoms with van der Waals surface area (Å²) < 4.78 is 0. The zero-order valence-electron chi connectivity index (χ0n) is 14.8. The molecule has 3 rings (SSSR count). The van der Waals surface area contributed by atoms with E-state index in [-0.39, 0.29) is 23.7 Å². The Bertz CT molecular complexity index is 872. The SMILES string of the molecule is Cc1cc(C)c(NC(=O)C2CC2C(=O)Nc2cc(Cl)ccc2C)c(Cl)c1. The number of rotatable bonds is 4. The summed E-state index contributed by atoms with van der Waals surface area (Å²) in [6, 6.07) is 9.09. The Hall–Kier alpha value is -2.04. The van der Waals surface area contributed by atoms with Gasteiger partial charge in [0.15, 0.2) is 0 Å². The Balaban J connectivity index is 1.64. The molecule has 2 unspecified atom stereocenters. The van der Waals surface area contributed by atoms with E-state index in [1.165, 1.54) is 0 Å². The van der Waals surface area contributed by atoms with Crippen molar-refractivity contribution in [3.8, 4) is 0 Å². The second-order valence-corrected chi connectivity index (χ2v) is 7.67. The summed E-state index contributed by atoms with van der Waals surface area (Å²) in [5, 5.41) is 6.79. The third-order valence-corrected chi connectivity index (χ3v) is 5.13. The predicted octanol–water partition coefficient (Wildman–Crippen LogP) is 5.13. The van der Waals surface area contributed by atoms with E-state index in [1.807, 2.05) is 39.0 Å². The maximum absolute atomic E-state index is 12.5. The second kappa shape index (κ2) is 7.29. The number of carbonyl (C=O) groups excluding carboxylic acids is 2. The number of hydrogen-bond donors (Lipinski definition) is 2. The van der Waals surface area contributed by atoms with Crippen LogP contribution in [0.5, 0.6) is 0 Å². The van der Waals surface area contributed by atoms with E-state index in [2.05, 4.69) is 10.6 Å². The summed E-state index contributed by atoms with van der Waals surface area (Å²) in [4.78, 5) is 24.9. The Kier molecular flexibility index (Phi) is 5.26. The van der Waals surface area contributed by atoms with Gasteiger partial charge < -0.3 is 10.6 Å². The first kappa shape index (κ1) is 18.7. The number of carbonyl (C=O) groups is 2. The lowest BCUT2D eigenvalue weighted by Gasteiger charge is -2.12. The third-order valence-electron chi connectivity index (χ3n) is 4.60. The number of nitrogens with one attached hydrogen (secondary N) is 2. The van der Waals surface area contributed by atoms with Crippen molar-refractivity contribution in [1.82, 2.24) is 0 Å². The summed E-state index contributed by atoms with van der Waals surface area (Å²) >= 11 is 12.2. The van der Waals surface area contributed by atoms with Crippen LogP contribution in [-0.2, 0) is 9.59 Å². The molecule has 1 saturated carbocycles. The molecule has 26 heavy (non-hydrogen) atoms. The topological polar surface area (TPSA) is 58.2 Å². The average Bonchev–Trinajstić information content (AvgIpc) is 3.35. The number of hydrogen-bond acceptors (Lipinski definition) is 2. The summed E-state index contributed by atoms with van der Waals surface area (Å²) in [5.74, 6) is -1.02. The quantitative estimate of drug-likeness (QED) is 0.759. The number of anilines is 2. The lowest BCUT2D eigenvalue weighted by molar-refractivity contribution is -0.122. The summed E-state index contributed by atoms with van der Waals surface area (Å²) in [5.41, 5.74) is 4.14. The third kappa shape index (κ3) is 4.02. The standard InChI is InChI=1S/C20H20Cl2N2O2/c1-10-6-12(3)18(16(22)7-10)24-20(26)15-9-14(15)19(25)23-17-8-13(21)5-4-11(17)2/h4-8,14-15H,9H2,1-3H3,(H,23,25)(H,24,26). The Morgan fingerprint density at radius 3 is 2.23 bits per heavy atom. The molecule has 0 aromatic heterocycles. The van der Waals surface area contributed by atoms with Crippen LogP contribution in [0.4, 0.5) is 11.4 Å². The van der Waals surface area contributed by atoms with Gasteiger partial charge in [-0.2, -0.15) is 0 Å². The zero-order chi connectivity index (χ0) is 19.0. The van der Waals surface area contributed by atoms with Crippen molar-refractivity contribution in [2.45, 2.75) is 27.2 Å². The fraction of sp³-hybridized carbons (Fsp3) is 0.300. The van der Waals surface area contributed by atoms with Crippen LogP contribution < -0.4 is 10.6 Å². The molecule has 0 radical (unpaired) electrons. The lowest BCUT2D eigenvalue weighted by Crippen LogP contribution is -2.21. The van der Waals surface area contributed by atoms with E-state index in [4.69, 9.17) is 23.2 Å². The predicted molar refractivity (Wildman–Crippen MR) is 106 cm³/mol. The Morgan fingerprint density at radius 1 is 0.923 bits per heavy atom. The van der Waals surface area contributed by atoms with Crippen LogP contribution in [-0.4, -0.2) is 11.8 Å². The van der Waals surface area contributed by atoms with E-state index in [1.54, 1.807) is 12.1 Å². The molecule has 0 heterocycles. The molecule has 1 fully saturated rings. The van der Waals surface area contributed by atoms with Crippen molar-refractivity contribution >= 4 is 46.4 Å². The van der Waals surface area contributed by atoms with Gasteiger partial charge in [-0.25, -0.2) is 0 Å². The van der Waals surface area contributed by atoms with Crippen LogP contribution in [0.1, 0.15) is 23.1 Å². The van der Waals surface area contributed by atoms with Gasteiger partial charge in [-0.15, -0.1) is 0 Å². The molecule has 1 aliphatic rings. The van der Waals surface area contributed by atoms with Crippen LogP contribution in [0, 0.1) is 32.6 Å². The minimum Gasteiger partial charge on any atom is -0.326 e. The normalized spacial score (nSPS) is 18.3. The molecule has 0 spiro atoms. The van der Waals surface area contributed by atoms with Crippen molar-refractivity contribution in [2.24, 2.45) is 11.8 Å². The molecule has 0 bridgehead atoms. The molecular weight excluding hydrogens is 371 g/mol. The lowest BCUT2D eigenvalue weighted by atomic mass is 10.1. The highest BCUT2D eigenvalue weighted by molar-refractivity contribution is 6.34. The summed E-state index contributed by atoms with van der Waals surface area (Å²) in [7, 11) is 0. The van der Waals surface area contributed by atoms with Gasteiger partial charge >= 0.3 is 0 Å². The van der Waals surface area contributed by atoms with Gasteiger partial charge in [0.2, 0.25) is 11.8 Å². The first-order valence-electron chi connectivity index (χ1n) is 8.41. The molecule has 2 aromatic carbocycles. The van der Waals surface area contributed by atoms with Crippen molar-refractivity contribution in [3.05, 3.63) is 57.1 Å². The summed E-state index contributed by atoms with van der Waals surface area (Å²) in [6.45, 7) is 5.74. The van der Waals surface area contributed by atoms with Gasteiger partial charge in [0, 0.05) is 10.7 Å². The highest BCUT2D eigenvalue weighted by Gasteiger charge is 2.48. The molecule has 4 nitrogen and oxygen atoms in total. The monoisotopic (exact) mass is 390 g/mol. The smallest absolute Gasteiger partial charge is 0.228 e. The molecular formula is C20H20Cl2N2O2. The van der Waals surface area contributed by atoms with Crippen molar-refractivity contribution in [3.63, 3.8) is 0 Å². The van der Waals surface area contributed by atoms with E-state index >= 15 is 0 Å². The molecule has 1 aliphatic carbocycles. The maximum Gasteiger partial charge on any atom is 0.228 e. The molecule has 0 saturated heterocycles. The number of aryl methyl sites for hydroxylation is 3. The largest absolute Gasteiger partial charge is 0.326 e. The van der Waals surface area contributed by atoms with Gasteiger partial charge in [0.05, 0.1) is 22.5 Å². The van der Waals surface area contributed by atoms with Crippen LogP contribution in [0.3, 0.4) is 0 Å². The fourth-order valence-corrected chi connectivity index (χ4v) is 3.56. The van der Waals surface area contributed by atoms with E-state index in [9.17, 15) is 9.59 Å². The van der Waals surface area contributed by atoms with Gasteiger partial charge in [0.25, 0.3) is 0 Å². The summed E-state index contributed by atoms with van der Waals surface area (Å²) in [6.07, 6.45) is 0.528. The maximum atomic E-state index is 12.5. The Morgan fingerprint density at radius 2 is 1.58 bits per heavy atom. The van der Waals surface area contributed by atoms with Gasteiger partial charge in [0.1, 0.15) is 0 Å². The van der Waals surface area contributed by atoms with E-state index < -0.39 is 0 Å². The molecule has 2 atom stereocenters. The number of halogens is 2. The highest BCUT2D eigenvalue weighted by Crippen LogP contribution is 2.41. The van der Waals surface area contributed by atoms with E-state index in [0.29, 0.717) is 27.8 Å². The average molecular weight is 391 g/mol. The van der Waals surface area contributed by atoms with Crippen molar-refractivity contribution < 1.29 is 9.59 Å². The first-order chi connectivity index (χ1) is 12.3. The molecule has 2 amide bonds. The van der Waals surface area contributed by atoms with Crippen LogP contribution in [0.15, 0.2) is 30.3 Å². The van der Waals surface area contributed by atoms with Crippen LogP contribution in [0.2, 0.25) is 10.0 Å². The highest BCUT2D eigenvalue weighted by atomic mass is 35.5. The fourth-order valence-electron chi connectivity index (χ4n) is 3.02. The molecule has 136 valence electrons. The molecule has 6 heteroatoms. The number of amides is 2. The minimum absolute atomic E-state index is 0.165. The first-order valence-corrected chi connectivity index (χ1v) is 9.16. The molecule has 0 aliphatic heterocycles. The minimum atomic E-state index is -0.341. The van der Waals surface area contributed by atoms with Crippen molar-refractivity contribution in [2.75, 3.05) is 10.6 Å². The van der Waals surface area contributed by atoms with Crippen LogP contribution >= 0.6 is 23.2 Å². The van der Waals surface area contributed by atoms with E-state index in [0.717, 1.165) is 16.7 Å². The van der Waals surface area contributed by atoms with Gasteiger partial charge in [-0.3, -0.25) is 9.59 Å². The van der Waals surface area contributed by atoms with Crippen molar-refractivity contribution in [1.29, 1.82) is 0 Å². The second-order valence-electron chi connectivity index (χ2n) is 6.83. The number of benzene rings is 2. The van der Waals surface area contributed by atoms with Gasteiger partial charge in [-0.05, 0) is 62.1 Å². The Labute approximate surface area is 162 Å². The van der Waals surface area contributed by atoms with Gasteiger partial charge in [-0.1, -0.05) is 35.3 Å². The van der Waals surface area contributed by atoms with Crippen LogP contribution in [0.25, 0.3) is 0 Å². The molecule has 2 aromatic rings. The molecule has 2 N–H and O–H groups in total. The zero-order valence-corrected chi connectivity index (χ0v) is 16.3.